The van der Waals surface area contributed by atoms with E-state index in [0.717, 1.165) is 13.1 Å². The van der Waals surface area contributed by atoms with E-state index in [1.54, 1.807) is 0 Å². The molecule has 0 fully saturated rings. The molecule has 80 valence electrons. The number of imidazole rings is 1. The van der Waals surface area contributed by atoms with E-state index in [2.05, 4.69) is 48.8 Å². The van der Waals surface area contributed by atoms with E-state index in [-0.39, 0.29) is 0 Å². The van der Waals surface area contributed by atoms with Gasteiger partial charge in [0.15, 0.2) is 0 Å². The topological polar surface area (TPSA) is 29.9 Å². The molecule has 0 radical (unpaired) electrons. The second-order valence-corrected chi connectivity index (χ2v) is 4.05. The number of likely N-dealkylation sites (N-methyl/N-ethyl adjacent to an activating group) is 1. The first-order valence-electron chi connectivity index (χ1n) is 5.39. The smallest absolute Gasteiger partial charge is 0.111 e. The highest BCUT2D eigenvalue weighted by molar-refractivity contribution is 4.97. The van der Waals surface area contributed by atoms with Crippen LogP contribution in [0, 0.1) is 0 Å². The fraction of sp³-hybridized carbons (Fsp3) is 0.727. The van der Waals surface area contributed by atoms with Crippen molar-refractivity contribution in [3.63, 3.8) is 0 Å². The Morgan fingerprint density at radius 2 is 2.14 bits per heavy atom. The first-order valence-corrected chi connectivity index (χ1v) is 5.39. The van der Waals surface area contributed by atoms with Crippen molar-refractivity contribution in [2.45, 2.75) is 46.2 Å². The average Bonchev–Trinajstić information content (AvgIpc) is 2.52. The van der Waals surface area contributed by atoms with Gasteiger partial charge in [0, 0.05) is 30.9 Å². The monoisotopic (exact) mass is 195 g/mol. The lowest BCUT2D eigenvalue weighted by molar-refractivity contribution is 0.473. The van der Waals surface area contributed by atoms with E-state index in [0.29, 0.717) is 12.0 Å². The molecule has 0 aliphatic rings. The van der Waals surface area contributed by atoms with Crippen LogP contribution < -0.4 is 5.32 Å². The van der Waals surface area contributed by atoms with Crippen LogP contribution in [-0.4, -0.2) is 22.1 Å². The summed E-state index contributed by atoms with van der Waals surface area (Å²) in [7, 11) is 0. The quantitative estimate of drug-likeness (QED) is 0.779. The molecule has 1 rings (SSSR count). The average molecular weight is 195 g/mol. The molecule has 1 heterocycles. The molecule has 0 saturated heterocycles. The van der Waals surface area contributed by atoms with E-state index in [9.17, 15) is 0 Å². The molecule has 0 spiro atoms. The summed E-state index contributed by atoms with van der Waals surface area (Å²) >= 11 is 0. The first-order chi connectivity index (χ1) is 6.65. The maximum Gasteiger partial charge on any atom is 0.111 e. The molecule has 1 atom stereocenters. The molecule has 1 aromatic heterocycles. The largest absolute Gasteiger partial charge is 0.333 e. The van der Waals surface area contributed by atoms with Gasteiger partial charge in [-0.15, -0.1) is 0 Å². The molecule has 14 heavy (non-hydrogen) atoms. The third-order valence-corrected chi connectivity index (χ3v) is 2.29. The van der Waals surface area contributed by atoms with Gasteiger partial charge in [-0.05, 0) is 13.5 Å². The molecule has 0 aromatic carbocycles. The van der Waals surface area contributed by atoms with E-state index >= 15 is 0 Å². The van der Waals surface area contributed by atoms with Gasteiger partial charge in [-0.25, -0.2) is 4.98 Å². The second-order valence-electron chi connectivity index (χ2n) is 4.05. The number of nitrogens with zero attached hydrogens (tertiary/aromatic N) is 2. The normalized spacial score (nSPS) is 13.5. The Morgan fingerprint density at radius 1 is 1.43 bits per heavy atom. The first kappa shape index (κ1) is 11.2. The van der Waals surface area contributed by atoms with E-state index in [1.165, 1.54) is 5.82 Å². The minimum Gasteiger partial charge on any atom is -0.333 e. The van der Waals surface area contributed by atoms with Crippen LogP contribution in [0.15, 0.2) is 12.4 Å². The minimum absolute atomic E-state index is 0.499. The molecule has 3 nitrogen and oxygen atoms in total. The number of hydrogen-bond acceptors (Lipinski definition) is 2. The predicted octanol–water partition coefficient (Wildman–Crippen LogP) is 2.00. The van der Waals surface area contributed by atoms with Gasteiger partial charge in [0.25, 0.3) is 0 Å². The number of hydrogen-bond donors (Lipinski definition) is 1. The molecule has 3 heteroatoms. The van der Waals surface area contributed by atoms with Gasteiger partial charge in [0.05, 0.1) is 0 Å². The lowest BCUT2D eigenvalue weighted by Crippen LogP contribution is -2.30. The zero-order valence-corrected chi connectivity index (χ0v) is 9.62. The highest BCUT2D eigenvalue weighted by Gasteiger charge is 2.08. The summed E-state index contributed by atoms with van der Waals surface area (Å²) in [6, 6.07) is 0.506. The van der Waals surface area contributed by atoms with Crippen molar-refractivity contribution >= 4 is 0 Å². The highest BCUT2D eigenvalue weighted by atomic mass is 15.1. The van der Waals surface area contributed by atoms with Crippen LogP contribution in [0.1, 0.15) is 39.4 Å². The van der Waals surface area contributed by atoms with Crippen molar-refractivity contribution in [3.8, 4) is 0 Å². The Labute approximate surface area is 86.5 Å². The zero-order valence-electron chi connectivity index (χ0n) is 9.62. The Bertz CT molecular complexity index is 265. The predicted molar refractivity (Wildman–Crippen MR) is 59.5 cm³/mol. The molecule has 0 saturated carbocycles. The number of rotatable bonds is 5. The molecule has 1 aromatic rings. The van der Waals surface area contributed by atoms with E-state index < -0.39 is 0 Å². The minimum atomic E-state index is 0.499. The Balaban J connectivity index is 2.61. The number of aromatic nitrogens is 2. The Hall–Kier alpha value is -0.830. The van der Waals surface area contributed by atoms with Crippen LogP contribution in [-0.2, 0) is 6.54 Å². The Kier molecular flexibility index (Phi) is 4.14. The molecular formula is C11H21N3. The van der Waals surface area contributed by atoms with Gasteiger partial charge in [-0.3, -0.25) is 0 Å². The number of nitrogens with one attached hydrogen (secondary N) is 1. The SMILES string of the molecule is CCNC(C)Cn1ccnc1C(C)C. The van der Waals surface area contributed by atoms with Crippen LogP contribution in [0.3, 0.4) is 0 Å². The van der Waals surface area contributed by atoms with Crippen molar-refractivity contribution < 1.29 is 0 Å². The highest BCUT2D eigenvalue weighted by Crippen LogP contribution is 2.11. The fourth-order valence-electron chi connectivity index (χ4n) is 1.68. The molecule has 0 aliphatic heterocycles. The van der Waals surface area contributed by atoms with E-state index in [1.807, 2.05) is 6.20 Å². The van der Waals surface area contributed by atoms with Gasteiger partial charge in [-0.2, -0.15) is 0 Å². The summed E-state index contributed by atoms with van der Waals surface area (Å²) in [5.74, 6) is 1.67. The van der Waals surface area contributed by atoms with Crippen molar-refractivity contribution in [3.05, 3.63) is 18.2 Å². The lowest BCUT2D eigenvalue weighted by Gasteiger charge is -2.16. The van der Waals surface area contributed by atoms with Crippen molar-refractivity contribution in [1.29, 1.82) is 0 Å². The third-order valence-electron chi connectivity index (χ3n) is 2.29. The van der Waals surface area contributed by atoms with Crippen LogP contribution in [0.4, 0.5) is 0 Å². The van der Waals surface area contributed by atoms with Gasteiger partial charge in [0.1, 0.15) is 5.82 Å². The maximum atomic E-state index is 4.36. The Morgan fingerprint density at radius 3 is 2.71 bits per heavy atom. The molecule has 1 unspecified atom stereocenters. The standard InChI is InChI=1S/C11H21N3/c1-5-12-10(4)8-14-7-6-13-11(14)9(2)3/h6-7,9-10,12H,5,8H2,1-4H3. The van der Waals surface area contributed by atoms with Crippen LogP contribution in [0.5, 0.6) is 0 Å². The van der Waals surface area contributed by atoms with Gasteiger partial charge >= 0.3 is 0 Å². The van der Waals surface area contributed by atoms with Crippen LogP contribution in [0.25, 0.3) is 0 Å². The van der Waals surface area contributed by atoms with E-state index in [4.69, 9.17) is 0 Å². The van der Waals surface area contributed by atoms with Gasteiger partial charge in [-0.1, -0.05) is 20.8 Å². The third kappa shape index (κ3) is 2.84. The van der Waals surface area contributed by atoms with Crippen LogP contribution in [0.2, 0.25) is 0 Å². The summed E-state index contributed by atoms with van der Waals surface area (Å²) < 4.78 is 2.23. The molecular weight excluding hydrogens is 174 g/mol. The second kappa shape index (κ2) is 5.15. The van der Waals surface area contributed by atoms with Crippen molar-refractivity contribution in [1.82, 2.24) is 14.9 Å². The molecule has 0 aliphatic carbocycles. The maximum absolute atomic E-state index is 4.36. The molecule has 1 N–H and O–H groups in total. The van der Waals surface area contributed by atoms with Gasteiger partial charge < -0.3 is 9.88 Å². The van der Waals surface area contributed by atoms with Crippen LogP contribution >= 0.6 is 0 Å². The summed E-state index contributed by atoms with van der Waals surface area (Å²) in [6.07, 6.45) is 3.94. The zero-order chi connectivity index (χ0) is 10.6. The summed E-state index contributed by atoms with van der Waals surface area (Å²) in [4.78, 5) is 4.36. The summed E-state index contributed by atoms with van der Waals surface area (Å²) in [5, 5.41) is 3.40. The molecule has 0 amide bonds. The fourth-order valence-corrected chi connectivity index (χ4v) is 1.68. The van der Waals surface area contributed by atoms with Gasteiger partial charge in [0.2, 0.25) is 0 Å². The summed E-state index contributed by atoms with van der Waals surface area (Å²) in [6.45, 7) is 10.7. The van der Waals surface area contributed by atoms with Crippen molar-refractivity contribution in [2.75, 3.05) is 6.54 Å². The molecule has 0 bridgehead atoms. The summed E-state index contributed by atoms with van der Waals surface area (Å²) in [5.41, 5.74) is 0. The van der Waals surface area contributed by atoms with Crippen molar-refractivity contribution in [2.24, 2.45) is 0 Å². The lowest BCUT2D eigenvalue weighted by atomic mass is 10.2.